The molecule has 3 heterocycles. The number of carbonyl (C=O) groups is 2. The van der Waals surface area contributed by atoms with E-state index in [1.54, 1.807) is 45.9 Å². The van der Waals surface area contributed by atoms with Gasteiger partial charge in [0.05, 0.1) is 10.3 Å². The molecule has 2 aromatic heterocycles. The zero-order valence-corrected chi connectivity index (χ0v) is 25.8. The largest absolute Gasteiger partial charge is 0.459 e. The number of thioether (sulfide) groups is 1. The molecule has 226 valence electrons. The predicted molar refractivity (Wildman–Crippen MR) is 162 cm³/mol. The molecule has 0 bridgehead atoms. The van der Waals surface area contributed by atoms with E-state index in [0.29, 0.717) is 48.4 Å². The Kier molecular flexibility index (Phi) is 10.2. The first-order chi connectivity index (χ1) is 19.9. The summed E-state index contributed by atoms with van der Waals surface area (Å²) in [6, 6.07) is 8.60. The number of fused-ring (bicyclic) bond motifs is 1. The Hall–Kier alpha value is -3.49. The highest BCUT2D eigenvalue weighted by molar-refractivity contribution is 7.99. The van der Waals surface area contributed by atoms with Crippen molar-refractivity contribution in [1.29, 1.82) is 0 Å². The predicted octanol–water partition coefficient (Wildman–Crippen LogP) is 2.77. The molecular formula is C28H37N7O5S2. The van der Waals surface area contributed by atoms with E-state index < -0.39 is 27.6 Å². The summed E-state index contributed by atoms with van der Waals surface area (Å²) in [6.07, 6.45) is 3.76. The summed E-state index contributed by atoms with van der Waals surface area (Å²) in [7, 11) is -3.98. The lowest BCUT2D eigenvalue weighted by atomic mass is 10.2. The number of ether oxygens (including phenoxy) is 1. The summed E-state index contributed by atoms with van der Waals surface area (Å²) in [4.78, 5) is 38.9. The van der Waals surface area contributed by atoms with Crippen LogP contribution >= 0.6 is 11.8 Å². The third-order valence-electron chi connectivity index (χ3n) is 6.08. The molecule has 1 amide bonds. The Bertz CT molecular complexity index is 1550. The first kappa shape index (κ1) is 31.4. The molecule has 14 heteroatoms. The van der Waals surface area contributed by atoms with E-state index in [2.05, 4.69) is 30.3 Å². The standard InChI is InChI=1S/C28H37N7O5S2/c1-19-31-24-21(13-17-35(24)16-8-12-23(36)33-27-29-14-9-15-30-27)25(32-19)41-18-22(26(37)40-28(2,3)4)34-42(38,39)20-10-6-5-7-11-20/h5-7,10-11,13,17,22,34H,8-9,12,14-16,18H2,1-4H3,(H2,29,30,33,36)/t22-/m0/s1. The molecule has 12 nitrogen and oxygen atoms in total. The Balaban J connectivity index is 1.46. The number of sulfonamides is 1. The molecule has 1 aromatic carbocycles. The lowest BCUT2D eigenvalue weighted by molar-refractivity contribution is -0.156. The van der Waals surface area contributed by atoms with Crippen LogP contribution < -0.4 is 15.4 Å². The quantitative estimate of drug-likeness (QED) is 0.168. The molecule has 1 atom stereocenters. The van der Waals surface area contributed by atoms with Crippen LogP contribution in [0.2, 0.25) is 0 Å². The fourth-order valence-corrected chi connectivity index (χ4v) is 6.56. The molecule has 0 aliphatic carbocycles. The Labute approximate surface area is 250 Å². The van der Waals surface area contributed by atoms with E-state index in [1.165, 1.54) is 23.9 Å². The number of esters is 1. The lowest BCUT2D eigenvalue weighted by Crippen LogP contribution is -2.45. The smallest absolute Gasteiger partial charge is 0.325 e. The normalized spacial score (nSPS) is 14.6. The topological polar surface area (TPSA) is 157 Å². The van der Waals surface area contributed by atoms with Crippen LogP contribution in [0, 0.1) is 6.92 Å². The van der Waals surface area contributed by atoms with Crippen molar-refractivity contribution >= 4 is 50.7 Å². The number of amides is 1. The van der Waals surface area contributed by atoms with Gasteiger partial charge in [-0.05, 0) is 58.7 Å². The SMILES string of the molecule is Cc1nc(SC[C@H](NS(=O)(=O)c2ccccc2)C(=O)OC(C)(C)C)c2ccn(CCCC(=O)NC3=NCCCN3)c2n1. The maximum Gasteiger partial charge on any atom is 0.325 e. The summed E-state index contributed by atoms with van der Waals surface area (Å²) >= 11 is 1.25. The van der Waals surface area contributed by atoms with E-state index in [-0.39, 0.29) is 16.6 Å². The molecule has 3 N–H and O–H groups in total. The number of guanidine groups is 1. The third-order valence-corrected chi connectivity index (χ3v) is 8.65. The summed E-state index contributed by atoms with van der Waals surface area (Å²) < 4.78 is 36.1. The minimum atomic E-state index is -3.98. The first-order valence-corrected chi connectivity index (χ1v) is 16.2. The number of hydrogen-bond donors (Lipinski definition) is 3. The molecule has 1 aliphatic rings. The van der Waals surface area contributed by atoms with E-state index in [9.17, 15) is 18.0 Å². The second kappa shape index (κ2) is 13.7. The minimum Gasteiger partial charge on any atom is -0.459 e. The second-order valence-corrected chi connectivity index (χ2v) is 13.5. The first-order valence-electron chi connectivity index (χ1n) is 13.8. The van der Waals surface area contributed by atoms with Gasteiger partial charge in [0.2, 0.25) is 15.9 Å². The molecule has 4 rings (SSSR count). The molecule has 0 saturated heterocycles. The third kappa shape index (κ3) is 8.76. The lowest BCUT2D eigenvalue weighted by Gasteiger charge is -2.24. The van der Waals surface area contributed by atoms with Gasteiger partial charge >= 0.3 is 5.97 Å². The van der Waals surface area contributed by atoms with E-state index in [0.717, 1.165) is 18.4 Å². The number of benzene rings is 1. The number of rotatable bonds is 11. The maximum atomic E-state index is 13.1. The molecule has 0 radical (unpaired) electrons. The van der Waals surface area contributed by atoms with Gasteiger partial charge in [-0.25, -0.2) is 18.4 Å². The number of nitrogens with zero attached hydrogens (tertiary/aromatic N) is 4. The molecule has 0 unspecified atom stereocenters. The number of aromatic nitrogens is 3. The van der Waals surface area contributed by atoms with Crippen LogP contribution in [0.3, 0.4) is 0 Å². The summed E-state index contributed by atoms with van der Waals surface area (Å²) in [5.74, 6) is 0.325. The highest BCUT2D eigenvalue weighted by Gasteiger charge is 2.30. The van der Waals surface area contributed by atoms with Crippen LogP contribution in [-0.2, 0) is 30.9 Å². The zero-order valence-electron chi connectivity index (χ0n) is 24.2. The Morgan fingerprint density at radius 3 is 2.62 bits per heavy atom. The number of aliphatic imine (C=N–C) groups is 1. The maximum absolute atomic E-state index is 13.1. The van der Waals surface area contributed by atoms with Gasteiger partial charge in [0.25, 0.3) is 0 Å². The van der Waals surface area contributed by atoms with Crippen molar-refractivity contribution in [3.63, 3.8) is 0 Å². The van der Waals surface area contributed by atoms with Crippen molar-refractivity contribution in [2.75, 3.05) is 18.8 Å². The van der Waals surface area contributed by atoms with Gasteiger partial charge in [-0.1, -0.05) is 18.2 Å². The van der Waals surface area contributed by atoms with Crippen molar-refractivity contribution in [2.24, 2.45) is 4.99 Å². The minimum absolute atomic E-state index is 0.0514. The van der Waals surface area contributed by atoms with Crippen molar-refractivity contribution < 1.29 is 22.7 Å². The highest BCUT2D eigenvalue weighted by atomic mass is 32.2. The van der Waals surface area contributed by atoms with Gasteiger partial charge in [0, 0.05) is 38.0 Å². The Morgan fingerprint density at radius 1 is 1.17 bits per heavy atom. The van der Waals surface area contributed by atoms with Gasteiger partial charge in [0.1, 0.15) is 28.1 Å². The van der Waals surface area contributed by atoms with Crippen LogP contribution in [0.4, 0.5) is 0 Å². The van der Waals surface area contributed by atoms with Crippen LogP contribution in [0.15, 0.2) is 57.5 Å². The molecule has 42 heavy (non-hydrogen) atoms. The average molecular weight is 616 g/mol. The number of nitrogens with one attached hydrogen (secondary N) is 3. The monoisotopic (exact) mass is 615 g/mol. The zero-order chi connectivity index (χ0) is 30.3. The molecular weight excluding hydrogens is 578 g/mol. The molecule has 3 aromatic rings. The summed E-state index contributed by atoms with van der Waals surface area (Å²) in [5.41, 5.74) is -0.103. The van der Waals surface area contributed by atoms with Gasteiger partial charge in [-0.3, -0.25) is 19.9 Å². The van der Waals surface area contributed by atoms with E-state index in [4.69, 9.17) is 4.74 Å². The Morgan fingerprint density at radius 2 is 1.93 bits per heavy atom. The van der Waals surface area contributed by atoms with E-state index >= 15 is 0 Å². The molecule has 0 fully saturated rings. The second-order valence-electron chi connectivity index (χ2n) is 10.8. The van der Waals surface area contributed by atoms with Gasteiger partial charge in [0.15, 0.2) is 5.96 Å². The molecule has 1 aliphatic heterocycles. The van der Waals surface area contributed by atoms with Gasteiger partial charge < -0.3 is 14.6 Å². The number of hydrogen-bond acceptors (Lipinski definition) is 10. The van der Waals surface area contributed by atoms with Gasteiger partial charge in [-0.2, -0.15) is 4.72 Å². The highest BCUT2D eigenvalue weighted by Crippen LogP contribution is 2.28. The van der Waals surface area contributed by atoms with E-state index in [1.807, 2.05) is 16.8 Å². The van der Waals surface area contributed by atoms with Crippen molar-refractivity contribution in [3.8, 4) is 0 Å². The van der Waals surface area contributed by atoms with Crippen molar-refractivity contribution in [3.05, 3.63) is 48.4 Å². The fourth-order valence-electron chi connectivity index (χ4n) is 4.19. The fraction of sp³-hybridized carbons (Fsp3) is 0.464. The number of aryl methyl sites for hydroxylation is 2. The number of carbonyl (C=O) groups excluding carboxylic acids is 2. The summed E-state index contributed by atoms with van der Waals surface area (Å²) in [5, 5.41) is 7.26. The molecule has 0 saturated carbocycles. The molecule has 0 spiro atoms. The average Bonchev–Trinajstić information content (AvgIpc) is 3.33. The van der Waals surface area contributed by atoms with Crippen molar-refractivity contribution in [1.82, 2.24) is 29.9 Å². The van der Waals surface area contributed by atoms with Crippen LogP contribution in [0.25, 0.3) is 11.0 Å². The van der Waals surface area contributed by atoms with Crippen LogP contribution in [0.5, 0.6) is 0 Å². The van der Waals surface area contributed by atoms with Crippen LogP contribution in [-0.4, -0.2) is 71.3 Å². The van der Waals surface area contributed by atoms with Crippen molar-refractivity contribution in [2.45, 2.75) is 75.1 Å². The van der Waals surface area contributed by atoms with Gasteiger partial charge in [-0.15, -0.1) is 11.8 Å². The summed E-state index contributed by atoms with van der Waals surface area (Å²) in [6.45, 7) is 9.02. The van der Waals surface area contributed by atoms with Crippen LogP contribution in [0.1, 0.15) is 45.9 Å².